The van der Waals surface area contributed by atoms with E-state index >= 15 is 0 Å². The molecule has 0 spiro atoms. The summed E-state index contributed by atoms with van der Waals surface area (Å²) in [5, 5.41) is 4.45. The number of halogens is 1. The average molecular weight is 349 g/mol. The third kappa shape index (κ3) is 2.78. The Morgan fingerprint density at radius 2 is 2.19 bits per heavy atom. The summed E-state index contributed by atoms with van der Waals surface area (Å²) in [5.41, 5.74) is 8.21. The highest BCUT2D eigenvalue weighted by atomic mass is 79.9. The van der Waals surface area contributed by atoms with Gasteiger partial charge >= 0.3 is 0 Å². The van der Waals surface area contributed by atoms with Crippen LogP contribution in [0.2, 0.25) is 0 Å². The monoisotopic (exact) mass is 348 g/mol. The molecule has 4 nitrogen and oxygen atoms in total. The minimum absolute atomic E-state index is 0.0423. The van der Waals surface area contributed by atoms with Gasteiger partial charge < -0.3 is 0 Å². The molecule has 1 aliphatic rings. The first-order valence-corrected chi connectivity index (χ1v) is 8.33. The normalized spacial score (nSPS) is 15.2. The minimum Gasteiger partial charge on any atom is -0.271 e. The average Bonchev–Trinajstić information content (AvgIpc) is 3.09. The van der Waals surface area contributed by atoms with E-state index in [0.717, 1.165) is 23.1 Å². The molecule has 1 unspecified atom stereocenters. The topological polar surface area (TPSA) is 55.9 Å². The molecule has 5 heteroatoms. The summed E-state index contributed by atoms with van der Waals surface area (Å²) in [7, 11) is 0. The van der Waals surface area contributed by atoms with Crippen molar-refractivity contribution in [1.82, 2.24) is 15.2 Å². The van der Waals surface area contributed by atoms with Crippen LogP contribution in [0, 0.1) is 0 Å². The maximum absolute atomic E-state index is 5.86. The lowest BCUT2D eigenvalue weighted by Gasteiger charge is -2.20. The van der Waals surface area contributed by atoms with E-state index in [-0.39, 0.29) is 6.04 Å². The second kappa shape index (κ2) is 6.30. The molecule has 0 radical (unpaired) electrons. The second-order valence-electron chi connectivity index (χ2n) is 5.58. The van der Waals surface area contributed by atoms with Crippen molar-refractivity contribution in [2.45, 2.75) is 45.2 Å². The van der Waals surface area contributed by atoms with E-state index in [0.29, 0.717) is 0 Å². The van der Waals surface area contributed by atoms with Crippen molar-refractivity contribution in [3.8, 4) is 0 Å². The van der Waals surface area contributed by atoms with Crippen molar-refractivity contribution in [3.05, 3.63) is 51.3 Å². The van der Waals surface area contributed by atoms with Crippen molar-refractivity contribution in [3.63, 3.8) is 0 Å². The van der Waals surface area contributed by atoms with Crippen LogP contribution in [0.1, 0.15) is 48.2 Å². The minimum atomic E-state index is -0.0423. The van der Waals surface area contributed by atoms with E-state index < -0.39 is 0 Å². The van der Waals surface area contributed by atoms with E-state index in [1.165, 1.54) is 36.0 Å². The van der Waals surface area contributed by atoms with Gasteiger partial charge in [-0.25, -0.2) is 5.43 Å². The fourth-order valence-electron chi connectivity index (χ4n) is 3.15. The lowest BCUT2D eigenvalue weighted by molar-refractivity contribution is 0.519. The predicted octanol–water partition coefficient (Wildman–Crippen LogP) is 3.10. The molecule has 1 aromatic heterocycles. The SMILES string of the molecule is CCCn1ncc(Br)c1C(NN)c1ccc2c(c1)CCC2. The molecule has 1 aliphatic carbocycles. The molecular weight excluding hydrogens is 328 g/mol. The molecule has 21 heavy (non-hydrogen) atoms. The number of nitrogens with two attached hydrogens (primary N) is 1. The van der Waals surface area contributed by atoms with Gasteiger partial charge in [-0.2, -0.15) is 5.10 Å². The van der Waals surface area contributed by atoms with Crippen molar-refractivity contribution >= 4 is 15.9 Å². The van der Waals surface area contributed by atoms with E-state index in [1.807, 2.05) is 10.9 Å². The molecule has 0 fully saturated rings. The number of hydrazine groups is 1. The van der Waals surface area contributed by atoms with Crippen LogP contribution in [0.5, 0.6) is 0 Å². The van der Waals surface area contributed by atoms with Gasteiger partial charge in [0, 0.05) is 6.54 Å². The van der Waals surface area contributed by atoms with Crippen LogP contribution >= 0.6 is 15.9 Å². The fourth-order valence-corrected chi connectivity index (χ4v) is 3.68. The van der Waals surface area contributed by atoms with Gasteiger partial charge in [-0.05, 0) is 58.3 Å². The first-order valence-electron chi connectivity index (χ1n) is 7.53. The van der Waals surface area contributed by atoms with Crippen LogP contribution in [0.25, 0.3) is 0 Å². The predicted molar refractivity (Wildman–Crippen MR) is 87.9 cm³/mol. The summed E-state index contributed by atoms with van der Waals surface area (Å²) in [6.45, 7) is 3.05. The Hall–Kier alpha value is -1.17. The number of nitrogens with one attached hydrogen (secondary N) is 1. The first kappa shape index (κ1) is 14.8. The molecule has 1 heterocycles. The number of hydrogen-bond acceptors (Lipinski definition) is 3. The Morgan fingerprint density at radius 3 is 2.95 bits per heavy atom. The largest absolute Gasteiger partial charge is 0.271 e. The van der Waals surface area contributed by atoms with Crippen molar-refractivity contribution in [2.75, 3.05) is 0 Å². The zero-order chi connectivity index (χ0) is 14.8. The third-order valence-electron chi connectivity index (χ3n) is 4.16. The Labute approximate surface area is 133 Å². The standard InChI is InChI=1S/C16H21BrN4/c1-2-8-21-16(14(17)10-19-21)15(20-18)13-7-6-11-4-3-5-12(11)9-13/h6-7,9-10,15,20H,2-5,8,18H2,1H3. The van der Waals surface area contributed by atoms with Crippen molar-refractivity contribution < 1.29 is 0 Å². The lowest BCUT2D eigenvalue weighted by atomic mass is 9.99. The third-order valence-corrected chi connectivity index (χ3v) is 4.78. The van der Waals surface area contributed by atoms with E-state index in [2.05, 4.69) is 51.6 Å². The molecule has 1 atom stereocenters. The van der Waals surface area contributed by atoms with E-state index in [9.17, 15) is 0 Å². The van der Waals surface area contributed by atoms with Gasteiger partial charge in [-0.3, -0.25) is 10.5 Å². The van der Waals surface area contributed by atoms with Gasteiger partial charge in [-0.15, -0.1) is 0 Å². The second-order valence-corrected chi connectivity index (χ2v) is 6.44. The van der Waals surface area contributed by atoms with Gasteiger partial charge in [-0.1, -0.05) is 25.1 Å². The van der Waals surface area contributed by atoms with Crippen LogP contribution in [-0.4, -0.2) is 9.78 Å². The Balaban J connectivity index is 2.00. The van der Waals surface area contributed by atoms with Gasteiger partial charge in [0.1, 0.15) is 0 Å². The maximum Gasteiger partial charge on any atom is 0.0889 e. The highest BCUT2D eigenvalue weighted by molar-refractivity contribution is 9.10. The molecule has 0 aliphatic heterocycles. The van der Waals surface area contributed by atoms with E-state index in [4.69, 9.17) is 5.84 Å². The number of rotatable bonds is 5. The van der Waals surface area contributed by atoms with Crippen LogP contribution in [0.4, 0.5) is 0 Å². The van der Waals surface area contributed by atoms with Crippen LogP contribution in [-0.2, 0) is 19.4 Å². The lowest BCUT2D eigenvalue weighted by Crippen LogP contribution is -2.31. The van der Waals surface area contributed by atoms with Gasteiger partial charge in [0.15, 0.2) is 0 Å². The number of nitrogens with zero attached hydrogens (tertiary/aromatic N) is 2. The first-order chi connectivity index (χ1) is 10.2. The molecule has 0 saturated carbocycles. The summed E-state index contributed by atoms with van der Waals surface area (Å²) < 4.78 is 3.03. The zero-order valence-electron chi connectivity index (χ0n) is 12.3. The molecule has 1 aromatic carbocycles. The summed E-state index contributed by atoms with van der Waals surface area (Å²) >= 11 is 3.61. The Kier molecular flexibility index (Phi) is 4.42. The number of hydrogen-bond donors (Lipinski definition) is 2. The number of fused-ring (bicyclic) bond motifs is 1. The Morgan fingerprint density at radius 1 is 1.38 bits per heavy atom. The van der Waals surface area contributed by atoms with Gasteiger partial charge in [0.25, 0.3) is 0 Å². The Bertz CT molecular complexity index is 635. The number of aryl methyl sites for hydroxylation is 3. The van der Waals surface area contributed by atoms with Gasteiger partial charge in [0.2, 0.25) is 0 Å². The number of aromatic nitrogens is 2. The van der Waals surface area contributed by atoms with Crippen molar-refractivity contribution in [2.24, 2.45) is 5.84 Å². The molecule has 0 saturated heterocycles. The molecule has 0 amide bonds. The van der Waals surface area contributed by atoms with E-state index in [1.54, 1.807) is 0 Å². The molecular formula is C16H21BrN4. The van der Waals surface area contributed by atoms with Crippen LogP contribution < -0.4 is 11.3 Å². The summed E-state index contributed by atoms with van der Waals surface area (Å²) in [6, 6.07) is 6.68. The van der Waals surface area contributed by atoms with Crippen LogP contribution in [0.15, 0.2) is 28.9 Å². The molecule has 3 N–H and O–H groups in total. The van der Waals surface area contributed by atoms with Crippen LogP contribution in [0.3, 0.4) is 0 Å². The molecule has 112 valence electrons. The quantitative estimate of drug-likeness (QED) is 0.644. The van der Waals surface area contributed by atoms with Crippen molar-refractivity contribution in [1.29, 1.82) is 0 Å². The molecule has 2 aromatic rings. The number of benzene rings is 1. The highest BCUT2D eigenvalue weighted by Crippen LogP contribution is 2.31. The maximum atomic E-state index is 5.86. The smallest absolute Gasteiger partial charge is 0.0889 e. The van der Waals surface area contributed by atoms with Gasteiger partial charge in [0.05, 0.1) is 22.4 Å². The zero-order valence-corrected chi connectivity index (χ0v) is 13.9. The molecule has 3 rings (SSSR count). The summed E-state index contributed by atoms with van der Waals surface area (Å²) in [4.78, 5) is 0. The summed E-state index contributed by atoms with van der Waals surface area (Å²) in [5.74, 6) is 5.86. The highest BCUT2D eigenvalue weighted by Gasteiger charge is 2.22. The molecule has 0 bridgehead atoms. The summed E-state index contributed by atoms with van der Waals surface area (Å²) in [6.07, 6.45) is 6.53. The fraction of sp³-hybridized carbons (Fsp3) is 0.438.